The van der Waals surface area contributed by atoms with Crippen molar-refractivity contribution in [3.8, 4) is 11.1 Å². The highest BCUT2D eigenvalue weighted by molar-refractivity contribution is 6.04. The number of nitrogens with one attached hydrogen (secondary N) is 1. The third-order valence-electron chi connectivity index (χ3n) is 4.92. The van der Waals surface area contributed by atoms with Crippen LogP contribution in [0.4, 0.5) is 5.69 Å². The lowest BCUT2D eigenvalue weighted by Gasteiger charge is -2.08. The predicted octanol–water partition coefficient (Wildman–Crippen LogP) is 5.28. The van der Waals surface area contributed by atoms with Gasteiger partial charge in [-0.15, -0.1) is 0 Å². The Bertz CT molecular complexity index is 1320. The van der Waals surface area contributed by atoms with E-state index in [1.807, 2.05) is 25.1 Å². The molecule has 0 aliphatic carbocycles. The van der Waals surface area contributed by atoms with Crippen LogP contribution in [0.15, 0.2) is 88.1 Å². The van der Waals surface area contributed by atoms with E-state index in [-0.39, 0.29) is 5.91 Å². The van der Waals surface area contributed by atoms with Crippen LogP contribution in [0.1, 0.15) is 34.1 Å². The Hall–Kier alpha value is -4.19. The first-order valence-corrected chi connectivity index (χ1v) is 10.3. The largest absolute Gasteiger partial charge is 0.462 e. The van der Waals surface area contributed by atoms with Crippen molar-refractivity contribution >= 4 is 28.5 Å². The van der Waals surface area contributed by atoms with Gasteiger partial charge in [0.2, 0.25) is 0 Å². The van der Waals surface area contributed by atoms with Crippen LogP contribution in [0.5, 0.6) is 0 Å². The van der Waals surface area contributed by atoms with Crippen molar-refractivity contribution in [3.63, 3.8) is 0 Å². The molecule has 0 saturated heterocycles. The van der Waals surface area contributed by atoms with Gasteiger partial charge in [-0.05, 0) is 60.5 Å². The number of benzene rings is 3. The fraction of sp³-hybridized carbons (Fsp3) is 0.115. The van der Waals surface area contributed by atoms with Gasteiger partial charge in [-0.25, -0.2) is 9.59 Å². The molecule has 4 aromatic rings. The molecule has 0 fully saturated rings. The summed E-state index contributed by atoms with van der Waals surface area (Å²) >= 11 is 0. The van der Waals surface area contributed by atoms with E-state index in [0.717, 1.165) is 11.8 Å². The van der Waals surface area contributed by atoms with Gasteiger partial charge >= 0.3 is 11.6 Å². The Labute approximate surface area is 184 Å². The Morgan fingerprint density at radius 3 is 2.31 bits per heavy atom. The second-order valence-corrected chi connectivity index (χ2v) is 7.23. The van der Waals surface area contributed by atoms with E-state index in [2.05, 4.69) is 5.32 Å². The highest BCUT2D eigenvalue weighted by Gasteiger charge is 2.11. The van der Waals surface area contributed by atoms with Crippen LogP contribution in [-0.2, 0) is 4.74 Å². The first-order chi connectivity index (χ1) is 15.5. The second kappa shape index (κ2) is 9.31. The monoisotopic (exact) mass is 427 g/mol. The lowest BCUT2D eigenvalue weighted by atomic mass is 10.0. The second-order valence-electron chi connectivity index (χ2n) is 7.23. The first kappa shape index (κ1) is 21.1. The number of hydrogen-bond acceptors (Lipinski definition) is 5. The van der Waals surface area contributed by atoms with Crippen LogP contribution in [0.3, 0.4) is 0 Å². The van der Waals surface area contributed by atoms with Crippen LogP contribution in [0.2, 0.25) is 0 Å². The molecule has 0 unspecified atom stereocenters. The predicted molar refractivity (Wildman–Crippen MR) is 123 cm³/mol. The van der Waals surface area contributed by atoms with E-state index in [9.17, 15) is 14.4 Å². The molecule has 1 aromatic heterocycles. The van der Waals surface area contributed by atoms with E-state index in [0.29, 0.717) is 40.1 Å². The molecule has 0 aliphatic heterocycles. The zero-order chi connectivity index (χ0) is 22.5. The summed E-state index contributed by atoms with van der Waals surface area (Å²) in [6.45, 7) is 2.30. The average molecular weight is 427 g/mol. The molecule has 0 atom stereocenters. The normalized spacial score (nSPS) is 10.7. The summed E-state index contributed by atoms with van der Waals surface area (Å²) in [5.74, 6) is -0.693. The molecule has 160 valence electrons. The van der Waals surface area contributed by atoms with Crippen molar-refractivity contribution in [1.29, 1.82) is 0 Å². The Morgan fingerprint density at radius 1 is 0.906 bits per heavy atom. The van der Waals surface area contributed by atoms with Crippen molar-refractivity contribution in [1.82, 2.24) is 0 Å². The van der Waals surface area contributed by atoms with Crippen molar-refractivity contribution in [2.45, 2.75) is 13.3 Å². The Kier molecular flexibility index (Phi) is 6.12. The van der Waals surface area contributed by atoms with Gasteiger partial charge in [0.15, 0.2) is 0 Å². The molecule has 1 N–H and O–H groups in total. The van der Waals surface area contributed by atoms with Crippen molar-refractivity contribution in [2.75, 3.05) is 11.9 Å². The summed E-state index contributed by atoms with van der Waals surface area (Å²) in [6.07, 6.45) is 0.754. The SMILES string of the molecule is CCCOC(=O)c1ccc(NC(=O)c2ccc(-c3cc4ccccc4oc3=O)cc2)cc1. The molecule has 1 amide bonds. The van der Waals surface area contributed by atoms with Gasteiger partial charge in [0.05, 0.1) is 17.7 Å². The fourth-order valence-electron chi connectivity index (χ4n) is 3.24. The number of esters is 1. The smallest absolute Gasteiger partial charge is 0.344 e. The molecule has 1 heterocycles. The number of carbonyl (C=O) groups excluding carboxylic acids is 2. The maximum Gasteiger partial charge on any atom is 0.344 e. The van der Waals surface area contributed by atoms with Crippen LogP contribution >= 0.6 is 0 Å². The first-order valence-electron chi connectivity index (χ1n) is 10.3. The number of ether oxygens (including phenoxy) is 1. The van der Waals surface area contributed by atoms with Crippen molar-refractivity contribution in [3.05, 3.63) is 100 Å². The third-order valence-corrected chi connectivity index (χ3v) is 4.92. The van der Waals surface area contributed by atoms with E-state index < -0.39 is 11.6 Å². The highest BCUT2D eigenvalue weighted by atomic mass is 16.5. The van der Waals surface area contributed by atoms with Crippen molar-refractivity contribution < 1.29 is 18.7 Å². The van der Waals surface area contributed by atoms with Gasteiger partial charge in [-0.3, -0.25) is 4.79 Å². The van der Waals surface area contributed by atoms with E-state index in [1.165, 1.54) is 0 Å². The number of hydrogen-bond donors (Lipinski definition) is 1. The van der Waals surface area contributed by atoms with Gasteiger partial charge < -0.3 is 14.5 Å². The molecule has 0 radical (unpaired) electrons. The Morgan fingerprint density at radius 2 is 1.59 bits per heavy atom. The minimum absolute atomic E-state index is 0.302. The van der Waals surface area contributed by atoms with E-state index in [1.54, 1.807) is 60.7 Å². The summed E-state index contributed by atoms with van der Waals surface area (Å²) in [5.41, 5.74) is 2.61. The van der Waals surface area contributed by atoms with Gasteiger partial charge in [-0.2, -0.15) is 0 Å². The van der Waals surface area contributed by atoms with Crippen molar-refractivity contribution in [2.24, 2.45) is 0 Å². The number of anilines is 1. The zero-order valence-electron chi connectivity index (χ0n) is 17.5. The van der Waals surface area contributed by atoms with Crippen LogP contribution < -0.4 is 10.9 Å². The highest BCUT2D eigenvalue weighted by Crippen LogP contribution is 2.22. The molecular weight excluding hydrogens is 406 g/mol. The van der Waals surface area contributed by atoms with Gasteiger partial charge in [0.1, 0.15) is 5.58 Å². The summed E-state index contributed by atoms with van der Waals surface area (Å²) < 4.78 is 10.5. The minimum Gasteiger partial charge on any atom is -0.462 e. The minimum atomic E-state index is -0.432. The molecular formula is C26H21NO5. The maximum absolute atomic E-state index is 12.6. The number of para-hydroxylation sites is 1. The molecule has 0 bridgehead atoms. The number of amides is 1. The van der Waals surface area contributed by atoms with Crippen LogP contribution in [0, 0.1) is 0 Å². The summed E-state index contributed by atoms with van der Waals surface area (Å²) in [5, 5.41) is 3.62. The standard InChI is InChI=1S/C26H21NO5/c1-2-15-31-25(29)19-11-13-21(14-12-19)27-24(28)18-9-7-17(8-10-18)22-16-20-5-3-4-6-23(20)32-26(22)30/h3-14,16H,2,15H2,1H3,(H,27,28). The van der Waals surface area contributed by atoms with Gasteiger partial charge in [0.25, 0.3) is 5.91 Å². The molecule has 4 rings (SSSR count). The number of fused-ring (bicyclic) bond motifs is 1. The van der Waals surface area contributed by atoms with E-state index in [4.69, 9.17) is 9.15 Å². The van der Waals surface area contributed by atoms with Crippen LogP contribution in [-0.4, -0.2) is 18.5 Å². The topological polar surface area (TPSA) is 85.6 Å². The summed E-state index contributed by atoms with van der Waals surface area (Å²) in [7, 11) is 0. The molecule has 3 aromatic carbocycles. The lowest BCUT2D eigenvalue weighted by molar-refractivity contribution is 0.0505. The fourth-order valence-corrected chi connectivity index (χ4v) is 3.24. The zero-order valence-corrected chi connectivity index (χ0v) is 17.5. The summed E-state index contributed by atoms with van der Waals surface area (Å²) in [4.78, 5) is 36.8. The summed E-state index contributed by atoms with van der Waals surface area (Å²) in [6, 6.07) is 22.3. The molecule has 6 heteroatoms. The molecule has 6 nitrogen and oxygen atoms in total. The molecule has 0 aliphatic rings. The molecule has 32 heavy (non-hydrogen) atoms. The van der Waals surface area contributed by atoms with Gasteiger partial charge in [0, 0.05) is 16.6 Å². The number of carbonyl (C=O) groups is 2. The Balaban J connectivity index is 1.47. The molecule has 0 spiro atoms. The number of rotatable bonds is 6. The van der Waals surface area contributed by atoms with Gasteiger partial charge in [-0.1, -0.05) is 37.3 Å². The lowest BCUT2D eigenvalue weighted by Crippen LogP contribution is -2.12. The quantitative estimate of drug-likeness (QED) is 0.334. The van der Waals surface area contributed by atoms with Crippen LogP contribution in [0.25, 0.3) is 22.1 Å². The average Bonchev–Trinajstić information content (AvgIpc) is 2.82. The maximum atomic E-state index is 12.6. The molecule has 0 saturated carbocycles. The third kappa shape index (κ3) is 4.59. The van der Waals surface area contributed by atoms with E-state index >= 15 is 0 Å².